The first kappa shape index (κ1) is 23.2. The molecule has 0 aromatic carbocycles. The van der Waals surface area contributed by atoms with Crippen LogP contribution in [0.1, 0.15) is 6.92 Å². The van der Waals surface area contributed by atoms with E-state index in [0.717, 1.165) is 0 Å². The van der Waals surface area contributed by atoms with E-state index in [4.69, 9.17) is 0 Å². The van der Waals surface area contributed by atoms with Crippen molar-refractivity contribution in [2.75, 3.05) is 0 Å². The summed E-state index contributed by atoms with van der Waals surface area (Å²) < 4.78 is 67.1. The third kappa shape index (κ3) is 8.56. The first-order valence-electron chi connectivity index (χ1n) is 2.13. The van der Waals surface area contributed by atoms with Gasteiger partial charge >= 0.3 is 0 Å². The van der Waals surface area contributed by atoms with Crippen molar-refractivity contribution in [3.8, 4) is 0 Å². The molecule has 0 amide bonds. The molecule has 0 spiro atoms. The normalized spacial score (nSPS) is 11.1. The van der Waals surface area contributed by atoms with E-state index in [9.17, 15) is 26.3 Å². The summed E-state index contributed by atoms with van der Waals surface area (Å²) in [5, 5.41) is 0. The molecule has 0 saturated carbocycles. The number of halogens is 6. The van der Waals surface area contributed by atoms with Crippen LogP contribution in [0.15, 0.2) is 0 Å². The minimum atomic E-state index is -5.27. The van der Waals surface area contributed by atoms with Gasteiger partial charge in [0, 0.05) is 20.1 Å². The van der Waals surface area contributed by atoms with Crippen LogP contribution in [-0.2, 0) is 20.1 Å². The van der Waals surface area contributed by atoms with E-state index in [1.165, 1.54) is 0 Å². The van der Waals surface area contributed by atoms with Crippen molar-refractivity contribution in [3.05, 3.63) is 20.8 Å². The number of rotatable bonds is 0. The van der Waals surface area contributed by atoms with Crippen LogP contribution in [0.5, 0.6) is 0 Å². The Morgan fingerprint density at radius 1 is 0.769 bits per heavy atom. The van der Waals surface area contributed by atoms with E-state index in [1.54, 1.807) is 0 Å². The third-order valence-electron chi connectivity index (χ3n) is 0.850. The summed E-state index contributed by atoms with van der Waals surface area (Å²) in [6, 6.07) is 0. The molecular formula is C6H9F6Tc-3. The quantitative estimate of drug-likeness (QED) is 0.473. The Hall–Kier alpha value is 0.229. The first-order chi connectivity index (χ1) is 4.15. The Kier molecular flexibility index (Phi) is 11.9. The standard InChI is InChI=1S/C4H3F6.2CH3.Tc/c1-2(3(5,6)7)4(8,9)10;;;/h1H3;2*1H3;/q3*-1;. The molecule has 0 N–H and O–H groups in total. The Labute approximate surface area is 87.0 Å². The van der Waals surface area contributed by atoms with Crippen LogP contribution < -0.4 is 0 Å². The fourth-order valence-electron chi connectivity index (χ4n) is 0.161. The van der Waals surface area contributed by atoms with Crippen LogP contribution in [0.4, 0.5) is 26.3 Å². The first-order valence-corrected chi connectivity index (χ1v) is 2.13. The molecule has 0 fully saturated rings. The van der Waals surface area contributed by atoms with Crippen LogP contribution in [0.2, 0.25) is 0 Å². The van der Waals surface area contributed by atoms with Crippen LogP contribution in [-0.4, -0.2) is 12.4 Å². The summed E-state index contributed by atoms with van der Waals surface area (Å²) in [5.41, 5.74) is 0. The average Bonchev–Trinajstić information content (AvgIpc) is 1.59. The minimum Gasteiger partial charge on any atom is -0.358 e. The van der Waals surface area contributed by atoms with Crippen molar-refractivity contribution in [1.82, 2.24) is 0 Å². The summed E-state index contributed by atoms with van der Waals surface area (Å²) in [6.45, 7) is 0. The Bertz CT molecular complexity index is 101. The van der Waals surface area contributed by atoms with E-state index in [2.05, 4.69) is 0 Å². The second-order valence-electron chi connectivity index (χ2n) is 1.62. The number of alkyl halides is 6. The van der Waals surface area contributed by atoms with Gasteiger partial charge in [0.05, 0.1) is 0 Å². The zero-order chi connectivity index (χ0) is 8.58. The summed E-state index contributed by atoms with van der Waals surface area (Å²) in [4.78, 5) is 0. The van der Waals surface area contributed by atoms with Crippen molar-refractivity contribution < 1.29 is 46.4 Å². The van der Waals surface area contributed by atoms with Gasteiger partial charge in [-0.3, -0.25) is 0 Å². The fraction of sp³-hybridized carbons (Fsp3) is 0.500. The van der Waals surface area contributed by atoms with Gasteiger partial charge in [0.25, 0.3) is 12.4 Å². The molecule has 0 aliphatic carbocycles. The maximum atomic E-state index is 11.2. The Balaban J connectivity index is -0.000000135. The SMILES string of the molecule is C[C-](C(F)(F)F)C(F)(F)F.[CH3-].[CH3-].[Tc]. The van der Waals surface area contributed by atoms with Gasteiger partial charge in [0.1, 0.15) is 0 Å². The van der Waals surface area contributed by atoms with E-state index >= 15 is 0 Å². The van der Waals surface area contributed by atoms with Gasteiger partial charge in [-0.2, -0.15) is 6.92 Å². The third-order valence-corrected chi connectivity index (χ3v) is 0.850. The van der Waals surface area contributed by atoms with Crippen LogP contribution in [0.3, 0.4) is 0 Å². The van der Waals surface area contributed by atoms with Gasteiger partial charge in [-0.15, -0.1) is 5.92 Å². The van der Waals surface area contributed by atoms with Gasteiger partial charge in [0.2, 0.25) is 0 Å². The molecule has 85 valence electrons. The molecule has 0 aliphatic heterocycles. The minimum absolute atomic E-state index is 0. The molecule has 0 heterocycles. The van der Waals surface area contributed by atoms with Gasteiger partial charge in [-0.25, -0.2) is 26.3 Å². The van der Waals surface area contributed by atoms with Crippen LogP contribution in [0, 0.1) is 20.8 Å². The predicted octanol–water partition coefficient (Wildman–Crippen LogP) is 3.60. The van der Waals surface area contributed by atoms with E-state index in [0.29, 0.717) is 0 Å². The molecule has 0 aliphatic rings. The predicted molar refractivity (Wildman–Crippen MR) is 33.9 cm³/mol. The van der Waals surface area contributed by atoms with Crippen molar-refractivity contribution in [1.29, 1.82) is 0 Å². The summed E-state index contributed by atoms with van der Waals surface area (Å²) >= 11 is 0. The second-order valence-corrected chi connectivity index (χ2v) is 1.62. The molecule has 0 nitrogen and oxygen atoms in total. The molecule has 0 aromatic heterocycles. The molecule has 1 radical (unpaired) electrons. The molecule has 0 aromatic rings. The topological polar surface area (TPSA) is 0 Å². The molecule has 0 rings (SSSR count). The second kappa shape index (κ2) is 6.65. The van der Waals surface area contributed by atoms with Gasteiger partial charge in [-0.1, -0.05) is 0 Å². The van der Waals surface area contributed by atoms with Crippen LogP contribution in [0.25, 0.3) is 0 Å². The fourth-order valence-corrected chi connectivity index (χ4v) is 0.161. The molecule has 0 atom stereocenters. The molecule has 13 heavy (non-hydrogen) atoms. The average molecular weight is 293 g/mol. The zero-order valence-corrected chi connectivity index (χ0v) is 9.00. The molecule has 0 saturated heterocycles. The Morgan fingerprint density at radius 2 is 0.923 bits per heavy atom. The van der Waals surface area contributed by atoms with Crippen molar-refractivity contribution in [2.45, 2.75) is 19.3 Å². The number of hydrogen-bond acceptors (Lipinski definition) is 0. The molecule has 0 unspecified atom stereocenters. The monoisotopic (exact) mass is 292 g/mol. The number of hydrogen-bond donors (Lipinski definition) is 0. The largest absolute Gasteiger partial charge is 0.358 e. The van der Waals surface area contributed by atoms with E-state index in [1.807, 2.05) is 0 Å². The van der Waals surface area contributed by atoms with Crippen molar-refractivity contribution >= 4 is 0 Å². The van der Waals surface area contributed by atoms with Crippen molar-refractivity contribution in [2.24, 2.45) is 0 Å². The maximum absolute atomic E-state index is 11.2. The molecule has 0 bridgehead atoms. The molecule has 7 heteroatoms. The van der Waals surface area contributed by atoms with Crippen LogP contribution >= 0.6 is 0 Å². The summed E-state index contributed by atoms with van der Waals surface area (Å²) in [6.07, 6.45) is -10.5. The smallest absolute Gasteiger partial charge is 0.280 e. The van der Waals surface area contributed by atoms with E-state index in [-0.39, 0.29) is 41.9 Å². The Morgan fingerprint density at radius 3 is 0.923 bits per heavy atom. The molecular weight excluding hydrogens is 284 g/mol. The van der Waals surface area contributed by atoms with Gasteiger partial charge in [0.15, 0.2) is 0 Å². The summed E-state index contributed by atoms with van der Waals surface area (Å²) in [5.74, 6) is -2.43. The summed E-state index contributed by atoms with van der Waals surface area (Å²) in [7, 11) is 0. The van der Waals surface area contributed by atoms with Gasteiger partial charge < -0.3 is 14.9 Å². The van der Waals surface area contributed by atoms with E-state index < -0.39 is 18.3 Å². The zero-order valence-electron chi connectivity index (χ0n) is 7.15. The van der Waals surface area contributed by atoms with Gasteiger partial charge in [-0.05, 0) is 0 Å². The maximum Gasteiger partial charge on any atom is 0.280 e. The van der Waals surface area contributed by atoms with Crippen molar-refractivity contribution in [3.63, 3.8) is 0 Å².